The standard InChI is InChI=1S/C21H38BrN3O4/c1-7-8-9-16(10-12-22)21(3,4)18(23-5)19(27)24-14-17(26)25(6)13-11-15(2)20(28)29/h8-11,17-18,20,23,26,28-29H,7,12-14H2,1-6H3,(H,24,27)/b9-8-,15-11+,16-10+/t17?,18-/m1/s1. The molecule has 0 aliphatic carbocycles. The number of halogens is 1. The lowest BCUT2D eigenvalue weighted by Gasteiger charge is -2.35. The molecule has 0 aliphatic rings. The number of alkyl halides is 1. The first-order valence-electron chi connectivity index (χ1n) is 9.82. The predicted octanol–water partition coefficient (Wildman–Crippen LogP) is 1.51. The Hall–Kier alpha value is -1.03. The highest BCUT2D eigenvalue weighted by Crippen LogP contribution is 2.32. The van der Waals surface area contributed by atoms with Crippen LogP contribution in [-0.4, -0.2) is 77.2 Å². The largest absolute Gasteiger partial charge is 0.377 e. The van der Waals surface area contributed by atoms with Gasteiger partial charge in [-0.2, -0.15) is 0 Å². The number of rotatable bonds is 13. The number of carbonyl (C=O) groups excluding carboxylic acids is 1. The van der Waals surface area contributed by atoms with Gasteiger partial charge in [0.2, 0.25) is 5.91 Å². The molecule has 0 fully saturated rings. The summed E-state index contributed by atoms with van der Waals surface area (Å²) in [5, 5.41) is 35.1. The number of aliphatic hydroxyl groups excluding tert-OH is 2. The second-order valence-corrected chi connectivity index (χ2v) is 8.20. The summed E-state index contributed by atoms with van der Waals surface area (Å²) >= 11 is 3.44. The number of amides is 1. The van der Waals surface area contributed by atoms with E-state index in [-0.39, 0.29) is 12.5 Å². The first-order chi connectivity index (χ1) is 13.5. The van der Waals surface area contributed by atoms with E-state index in [9.17, 15) is 9.90 Å². The van der Waals surface area contributed by atoms with Gasteiger partial charge >= 0.3 is 0 Å². The van der Waals surface area contributed by atoms with E-state index < -0.39 is 24.0 Å². The quantitative estimate of drug-likeness (QED) is 0.120. The molecular formula is C21H38BrN3O4. The zero-order chi connectivity index (χ0) is 22.6. The maximum atomic E-state index is 12.8. The van der Waals surface area contributed by atoms with Crippen LogP contribution in [0, 0.1) is 5.41 Å². The van der Waals surface area contributed by atoms with Gasteiger partial charge < -0.3 is 26.0 Å². The van der Waals surface area contributed by atoms with Crippen LogP contribution in [0.3, 0.4) is 0 Å². The molecule has 0 aliphatic heterocycles. The number of nitrogens with one attached hydrogen (secondary N) is 2. The average molecular weight is 476 g/mol. The SMILES string of the molecule is CC/C=C\C(=C/CBr)C(C)(C)[C@H](NC)C(=O)NCC(O)N(C)C/C=C(\C)C(O)O. The molecule has 5 N–H and O–H groups in total. The van der Waals surface area contributed by atoms with E-state index in [4.69, 9.17) is 10.2 Å². The van der Waals surface area contributed by atoms with Crippen molar-refractivity contribution >= 4 is 21.8 Å². The zero-order valence-electron chi connectivity index (χ0n) is 18.4. The van der Waals surface area contributed by atoms with E-state index in [0.717, 1.165) is 12.0 Å². The summed E-state index contributed by atoms with van der Waals surface area (Å²) in [4.78, 5) is 14.4. The molecule has 1 unspecified atom stereocenters. The molecule has 0 bridgehead atoms. The van der Waals surface area contributed by atoms with Crippen molar-refractivity contribution in [2.24, 2.45) is 5.41 Å². The number of hydrogen-bond donors (Lipinski definition) is 5. The number of carbonyl (C=O) groups is 1. The third-order valence-corrected chi connectivity index (χ3v) is 5.25. The Morgan fingerprint density at radius 3 is 2.34 bits per heavy atom. The molecule has 168 valence electrons. The number of likely N-dealkylation sites (N-methyl/N-ethyl adjacent to an activating group) is 2. The second-order valence-electron chi connectivity index (χ2n) is 7.55. The fourth-order valence-corrected chi connectivity index (χ4v) is 3.17. The summed E-state index contributed by atoms with van der Waals surface area (Å²) in [5.74, 6) is -0.201. The first-order valence-corrected chi connectivity index (χ1v) is 10.9. The topological polar surface area (TPSA) is 105 Å². The van der Waals surface area contributed by atoms with Gasteiger partial charge in [0.15, 0.2) is 6.29 Å². The van der Waals surface area contributed by atoms with Gasteiger partial charge in [0.05, 0.1) is 12.6 Å². The lowest BCUT2D eigenvalue weighted by Crippen LogP contribution is -2.54. The van der Waals surface area contributed by atoms with Crippen molar-refractivity contribution < 1.29 is 20.1 Å². The van der Waals surface area contributed by atoms with Crippen LogP contribution in [-0.2, 0) is 4.79 Å². The number of allylic oxidation sites excluding steroid dienone is 3. The Labute approximate surface area is 183 Å². The minimum atomic E-state index is -1.51. The molecule has 0 spiro atoms. The van der Waals surface area contributed by atoms with Crippen molar-refractivity contribution in [3.05, 3.63) is 35.5 Å². The first kappa shape index (κ1) is 28.0. The van der Waals surface area contributed by atoms with Crippen LogP contribution >= 0.6 is 15.9 Å². The molecule has 0 radical (unpaired) electrons. The molecule has 29 heavy (non-hydrogen) atoms. The Morgan fingerprint density at radius 1 is 1.24 bits per heavy atom. The van der Waals surface area contributed by atoms with Crippen LogP contribution in [0.1, 0.15) is 34.1 Å². The highest BCUT2D eigenvalue weighted by molar-refractivity contribution is 9.09. The molecule has 0 heterocycles. The minimum Gasteiger partial charge on any atom is -0.377 e. The van der Waals surface area contributed by atoms with Crippen LogP contribution in [0.25, 0.3) is 0 Å². The van der Waals surface area contributed by atoms with Gasteiger partial charge in [0.25, 0.3) is 0 Å². The molecule has 0 rings (SSSR count). The molecular weight excluding hydrogens is 438 g/mol. The Morgan fingerprint density at radius 2 is 1.86 bits per heavy atom. The predicted molar refractivity (Wildman–Crippen MR) is 122 cm³/mol. The molecule has 0 saturated carbocycles. The number of aliphatic hydroxyl groups is 3. The monoisotopic (exact) mass is 475 g/mol. The van der Waals surface area contributed by atoms with Gasteiger partial charge in [0, 0.05) is 17.3 Å². The van der Waals surface area contributed by atoms with Crippen molar-refractivity contribution in [2.45, 2.75) is 52.7 Å². The van der Waals surface area contributed by atoms with Gasteiger partial charge in [-0.3, -0.25) is 9.69 Å². The smallest absolute Gasteiger partial charge is 0.238 e. The molecule has 0 aromatic heterocycles. The summed E-state index contributed by atoms with van der Waals surface area (Å²) in [5.41, 5.74) is 0.981. The van der Waals surface area contributed by atoms with Crippen LogP contribution in [0.5, 0.6) is 0 Å². The van der Waals surface area contributed by atoms with E-state index in [1.165, 1.54) is 0 Å². The summed E-state index contributed by atoms with van der Waals surface area (Å²) in [6.45, 7) is 8.06. The number of nitrogens with zero attached hydrogens (tertiary/aromatic N) is 1. The van der Waals surface area contributed by atoms with Gasteiger partial charge in [0.1, 0.15) is 6.23 Å². The van der Waals surface area contributed by atoms with Crippen LogP contribution in [0.15, 0.2) is 35.5 Å². The molecule has 1 amide bonds. The van der Waals surface area contributed by atoms with Gasteiger partial charge in [-0.1, -0.05) is 61.0 Å². The summed E-state index contributed by atoms with van der Waals surface area (Å²) < 4.78 is 0. The van der Waals surface area contributed by atoms with Crippen molar-refractivity contribution in [1.29, 1.82) is 0 Å². The molecule has 0 aromatic carbocycles. The van der Waals surface area contributed by atoms with E-state index in [1.54, 1.807) is 32.0 Å². The average Bonchev–Trinajstić information content (AvgIpc) is 2.66. The van der Waals surface area contributed by atoms with E-state index in [0.29, 0.717) is 17.4 Å². The van der Waals surface area contributed by atoms with E-state index in [1.807, 2.05) is 19.9 Å². The molecule has 0 aromatic rings. The normalized spacial score (nSPS) is 16.0. The zero-order valence-corrected chi connectivity index (χ0v) is 20.0. The number of hydrogen-bond acceptors (Lipinski definition) is 6. The maximum Gasteiger partial charge on any atom is 0.238 e. The second kappa shape index (κ2) is 14.1. The fourth-order valence-electron chi connectivity index (χ4n) is 2.82. The summed E-state index contributed by atoms with van der Waals surface area (Å²) in [6.07, 6.45) is 6.28. The Kier molecular flexibility index (Phi) is 13.6. The Balaban J connectivity index is 5.08. The third kappa shape index (κ3) is 9.55. The summed E-state index contributed by atoms with van der Waals surface area (Å²) in [6, 6.07) is -0.488. The Bertz CT molecular complexity index is 588. The molecule has 2 atom stereocenters. The van der Waals surface area contributed by atoms with Crippen LogP contribution in [0.2, 0.25) is 0 Å². The lowest BCUT2D eigenvalue weighted by atomic mass is 9.76. The summed E-state index contributed by atoms with van der Waals surface area (Å²) in [7, 11) is 3.44. The van der Waals surface area contributed by atoms with Crippen LogP contribution in [0.4, 0.5) is 0 Å². The lowest BCUT2D eigenvalue weighted by molar-refractivity contribution is -0.126. The van der Waals surface area contributed by atoms with Gasteiger partial charge in [-0.05, 0) is 38.6 Å². The van der Waals surface area contributed by atoms with Crippen molar-refractivity contribution in [1.82, 2.24) is 15.5 Å². The van der Waals surface area contributed by atoms with Gasteiger partial charge in [-0.25, -0.2) is 0 Å². The third-order valence-electron chi connectivity index (χ3n) is 4.92. The van der Waals surface area contributed by atoms with Crippen molar-refractivity contribution in [2.75, 3.05) is 32.5 Å². The van der Waals surface area contributed by atoms with Crippen molar-refractivity contribution in [3.8, 4) is 0 Å². The van der Waals surface area contributed by atoms with E-state index >= 15 is 0 Å². The molecule has 8 heteroatoms. The highest BCUT2D eigenvalue weighted by Gasteiger charge is 2.36. The van der Waals surface area contributed by atoms with Crippen molar-refractivity contribution in [3.63, 3.8) is 0 Å². The highest BCUT2D eigenvalue weighted by atomic mass is 79.9. The fraction of sp³-hybridized carbons (Fsp3) is 0.667. The minimum absolute atomic E-state index is 0.0560. The maximum absolute atomic E-state index is 12.8. The molecule has 0 saturated heterocycles. The van der Waals surface area contributed by atoms with Crippen LogP contribution < -0.4 is 10.6 Å². The van der Waals surface area contributed by atoms with E-state index in [2.05, 4.69) is 45.6 Å². The molecule has 7 nitrogen and oxygen atoms in total. The van der Waals surface area contributed by atoms with Gasteiger partial charge in [-0.15, -0.1) is 0 Å².